The minimum absolute atomic E-state index is 0.0429. The predicted molar refractivity (Wildman–Crippen MR) is 99.7 cm³/mol. The van der Waals surface area contributed by atoms with Crippen LogP contribution in [0.25, 0.3) is 0 Å². The molecule has 1 fully saturated rings. The van der Waals surface area contributed by atoms with E-state index in [0.29, 0.717) is 36.5 Å². The Kier molecular flexibility index (Phi) is 5.46. The topological polar surface area (TPSA) is 118 Å². The van der Waals surface area contributed by atoms with Crippen LogP contribution < -0.4 is 17.0 Å². The lowest BCUT2D eigenvalue weighted by atomic mass is 9.96. The van der Waals surface area contributed by atoms with Crippen molar-refractivity contribution in [3.63, 3.8) is 0 Å². The van der Waals surface area contributed by atoms with Crippen LogP contribution in [-0.2, 0) is 11.3 Å². The van der Waals surface area contributed by atoms with Crippen molar-refractivity contribution < 1.29 is 9.59 Å². The zero-order valence-corrected chi connectivity index (χ0v) is 15.2. The number of hydrogen-bond donors (Lipinski definition) is 2. The van der Waals surface area contributed by atoms with Crippen molar-refractivity contribution in [3.05, 3.63) is 67.4 Å². The van der Waals surface area contributed by atoms with Gasteiger partial charge in [0, 0.05) is 30.2 Å². The molecule has 0 radical (unpaired) electrons. The molecule has 0 bridgehead atoms. The predicted octanol–water partition coefficient (Wildman–Crippen LogP) is 0.576. The Balaban J connectivity index is 1.86. The summed E-state index contributed by atoms with van der Waals surface area (Å²) in [7, 11) is 0. The van der Waals surface area contributed by atoms with Gasteiger partial charge in [-0.1, -0.05) is 29.8 Å². The minimum Gasteiger partial charge on any atom is -0.369 e. The summed E-state index contributed by atoms with van der Waals surface area (Å²) in [6.07, 6.45) is 2.05. The number of nitrogens with one attached hydrogen (secondary N) is 1. The molecule has 0 aliphatic carbocycles. The van der Waals surface area contributed by atoms with E-state index in [4.69, 9.17) is 17.3 Å². The van der Waals surface area contributed by atoms with E-state index in [1.807, 2.05) is 0 Å². The standard InChI is InChI=1S/C18H19ClN4O4/c19-14-4-2-1-3-12(14)10-23-17(26)13(9-21-18(23)27)16(25)22-7-5-11(6-8-22)15(20)24/h1-4,9,11H,5-8,10H2,(H2,20,24)(H,21,27). The molecular formula is C18H19ClN4O4. The lowest BCUT2D eigenvalue weighted by Crippen LogP contribution is -2.45. The van der Waals surface area contributed by atoms with Gasteiger partial charge in [0.2, 0.25) is 5.91 Å². The third-order valence-corrected chi connectivity index (χ3v) is 5.13. The summed E-state index contributed by atoms with van der Waals surface area (Å²) >= 11 is 6.10. The van der Waals surface area contributed by atoms with Gasteiger partial charge in [0.15, 0.2) is 0 Å². The van der Waals surface area contributed by atoms with Gasteiger partial charge in [-0.15, -0.1) is 0 Å². The molecule has 27 heavy (non-hydrogen) atoms. The van der Waals surface area contributed by atoms with Crippen molar-refractivity contribution in [1.82, 2.24) is 14.5 Å². The fraction of sp³-hybridized carbons (Fsp3) is 0.333. The molecule has 8 nitrogen and oxygen atoms in total. The number of carbonyl (C=O) groups is 2. The summed E-state index contributed by atoms with van der Waals surface area (Å²) < 4.78 is 0.949. The highest BCUT2D eigenvalue weighted by molar-refractivity contribution is 6.31. The number of aromatic nitrogens is 2. The second-order valence-corrected chi connectivity index (χ2v) is 6.87. The molecule has 1 saturated heterocycles. The molecule has 0 atom stereocenters. The largest absolute Gasteiger partial charge is 0.369 e. The molecule has 0 spiro atoms. The van der Waals surface area contributed by atoms with Gasteiger partial charge >= 0.3 is 5.69 Å². The molecular weight excluding hydrogens is 372 g/mol. The van der Waals surface area contributed by atoms with E-state index in [0.717, 1.165) is 10.8 Å². The fourth-order valence-electron chi connectivity index (χ4n) is 3.14. The molecule has 1 aromatic carbocycles. The summed E-state index contributed by atoms with van der Waals surface area (Å²) in [6.45, 7) is 0.615. The first-order chi connectivity index (χ1) is 12.9. The van der Waals surface area contributed by atoms with Gasteiger partial charge in [0.1, 0.15) is 5.56 Å². The van der Waals surface area contributed by atoms with Gasteiger partial charge in [-0.2, -0.15) is 0 Å². The minimum atomic E-state index is -0.680. The number of carbonyl (C=O) groups excluding carboxylic acids is 2. The molecule has 1 aliphatic rings. The van der Waals surface area contributed by atoms with Crippen molar-refractivity contribution >= 4 is 23.4 Å². The van der Waals surface area contributed by atoms with E-state index < -0.39 is 17.2 Å². The summed E-state index contributed by atoms with van der Waals surface area (Å²) in [4.78, 5) is 52.8. The molecule has 2 amide bonds. The number of nitrogens with zero attached hydrogens (tertiary/aromatic N) is 2. The summed E-state index contributed by atoms with van der Waals surface area (Å²) in [6, 6.07) is 6.86. The number of hydrogen-bond acceptors (Lipinski definition) is 4. The molecule has 9 heteroatoms. The van der Waals surface area contributed by atoms with Crippen LogP contribution in [0.1, 0.15) is 28.8 Å². The number of likely N-dealkylation sites (tertiary alicyclic amines) is 1. The van der Waals surface area contributed by atoms with Crippen LogP contribution in [0.2, 0.25) is 5.02 Å². The number of benzene rings is 1. The molecule has 2 heterocycles. The zero-order chi connectivity index (χ0) is 19.6. The number of primary amides is 1. The fourth-order valence-corrected chi connectivity index (χ4v) is 3.34. The smallest absolute Gasteiger partial charge is 0.328 e. The Morgan fingerprint density at radius 1 is 1.19 bits per heavy atom. The van der Waals surface area contributed by atoms with E-state index in [1.165, 1.54) is 4.90 Å². The lowest BCUT2D eigenvalue weighted by molar-refractivity contribution is -0.123. The maximum absolute atomic E-state index is 12.7. The normalized spacial score (nSPS) is 14.9. The van der Waals surface area contributed by atoms with E-state index in [9.17, 15) is 19.2 Å². The summed E-state index contributed by atoms with van der Waals surface area (Å²) in [5, 5.41) is 0.425. The first-order valence-electron chi connectivity index (χ1n) is 8.53. The molecule has 0 saturated carbocycles. The Bertz CT molecular complexity index is 989. The van der Waals surface area contributed by atoms with Crippen LogP contribution in [0.3, 0.4) is 0 Å². The first kappa shape index (κ1) is 18.9. The summed E-state index contributed by atoms with van der Waals surface area (Å²) in [5.41, 5.74) is 4.47. The van der Waals surface area contributed by atoms with Crippen LogP contribution in [0, 0.1) is 5.92 Å². The first-order valence-corrected chi connectivity index (χ1v) is 8.91. The number of amides is 2. The molecule has 0 unspecified atom stereocenters. The highest BCUT2D eigenvalue weighted by Crippen LogP contribution is 2.18. The average molecular weight is 391 g/mol. The molecule has 3 N–H and O–H groups in total. The second-order valence-electron chi connectivity index (χ2n) is 6.46. The number of halogens is 1. The number of aromatic amines is 1. The van der Waals surface area contributed by atoms with Gasteiger partial charge in [0.25, 0.3) is 11.5 Å². The molecule has 1 aromatic heterocycles. The Morgan fingerprint density at radius 3 is 2.48 bits per heavy atom. The number of piperidine rings is 1. The quantitative estimate of drug-likeness (QED) is 0.793. The van der Waals surface area contributed by atoms with E-state index in [2.05, 4.69) is 4.98 Å². The monoisotopic (exact) mass is 390 g/mol. The van der Waals surface area contributed by atoms with Crippen molar-refractivity contribution in [2.24, 2.45) is 11.7 Å². The van der Waals surface area contributed by atoms with Crippen molar-refractivity contribution in [1.29, 1.82) is 0 Å². The van der Waals surface area contributed by atoms with E-state index in [-0.39, 0.29) is 23.9 Å². The van der Waals surface area contributed by atoms with Gasteiger partial charge < -0.3 is 15.6 Å². The van der Waals surface area contributed by atoms with Crippen LogP contribution in [0.4, 0.5) is 0 Å². The molecule has 3 rings (SSSR count). The van der Waals surface area contributed by atoms with Crippen molar-refractivity contribution in [2.75, 3.05) is 13.1 Å². The Labute approximate surface area is 159 Å². The van der Waals surface area contributed by atoms with E-state index in [1.54, 1.807) is 24.3 Å². The number of nitrogens with two attached hydrogens (primary N) is 1. The Hall–Kier alpha value is -2.87. The molecule has 2 aromatic rings. The second kappa shape index (κ2) is 7.79. The third-order valence-electron chi connectivity index (χ3n) is 4.76. The van der Waals surface area contributed by atoms with Gasteiger partial charge in [0.05, 0.1) is 6.54 Å². The number of rotatable bonds is 4. The maximum Gasteiger partial charge on any atom is 0.328 e. The van der Waals surface area contributed by atoms with Crippen LogP contribution in [-0.4, -0.2) is 39.4 Å². The highest BCUT2D eigenvalue weighted by Gasteiger charge is 2.28. The van der Waals surface area contributed by atoms with Crippen LogP contribution >= 0.6 is 11.6 Å². The van der Waals surface area contributed by atoms with Crippen molar-refractivity contribution in [3.8, 4) is 0 Å². The third kappa shape index (κ3) is 3.95. The summed E-state index contributed by atoms with van der Waals surface area (Å²) in [5.74, 6) is -1.12. The zero-order valence-electron chi connectivity index (χ0n) is 14.5. The molecule has 142 valence electrons. The average Bonchev–Trinajstić information content (AvgIpc) is 2.66. The van der Waals surface area contributed by atoms with Gasteiger partial charge in [-0.3, -0.25) is 19.0 Å². The lowest BCUT2D eigenvalue weighted by Gasteiger charge is -2.30. The van der Waals surface area contributed by atoms with Crippen LogP contribution in [0.5, 0.6) is 0 Å². The van der Waals surface area contributed by atoms with Crippen LogP contribution in [0.15, 0.2) is 40.1 Å². The molecule has 1 aliphatic heterocycles. The SMILES string of the molecule is NC(=O)C1CCN(C(=O)c2c[nH]c(=O)n(Cc3ccccc3Cl)c2=O)CC1. The Morgan fingerprint density at radius 2 is 1.85 bits per heavy atom. The highest BCUT2D eigenvalue weighted by atomic mass is 35.5. The number of H-pyrrole nitrogens is 1. The van der Waals surface area contributed by atoms with Gasteiger partial charge in [-0.25, -0.2) is 4.79 Å². The maximum atomic E-state index is 12.7. The van der Waals surface area contributed by atoms with Gasteiger partial charge in [-0.05, 0) is 24.5 Å². The van der Waals surface area contributed by atoms with E-state index >= 15 is 0 Å². The van der Waals surface area contributed by atoms with Crippen molar-refractivity contribution in [2.45, 2.75) is 19.4 Å².